The van der Waals surface area contributed by atoms with E-state index in [1.165, 1.54) is 42.1 Å². The molecule has 7 heteroatoms. The summed E-state index contributed by atoms with van der Waals surface area (Å²) in [5.74, 6) is -1.61. The van der Waals surface area contributed by atoms with E-state index >= 15 is 0 Å². The van der Waals surface area contributed by atoms with Crippen LogP contribution < -0.4 is 0 Å². The molecule has 138 valence electrons. The molecule has 0 saturated carbocycles. The molecule has 6 nitrogen and oxygen atoms in total. The number of aliphatic imine (C=N–C) groups is 1. The van der Waals surface area contributed by atoms with Crippen LogP contribution >= 0.6 is 0 Å². The molecule has 0 unspecified atom stereocenters. The molecule has 1 aromatic heterocycles. The fourth-order valence-corrected chi connectivity index (χ4v) is 2.78. The lowest BCUT2D eigenvalue weighted by molar-refractivity contribution is -0.129. The predicted octanol–water partition coefficient (Wildman–Crippen LogP) is 3.69. The molecule has 0 bridgehead atoms. The Kier molecular flexibility index (Phi) is 4.41. The molecule has 1 aliphatic heterocycles. The van der Waals surface area contributed by atoms with Crippen LogP contribution in [0.3, 0.4) is 0 Å². The molecule has 3 aromatic rings. The van der Waals surface area contributed by atoms with Gasteiger partial charge in [-0.2, -0.15) is 5.10 Å². The van der Waals surface area contributed by atoms with Crippen LogP contribution in [0.4, 0.5) is 4.39 Å². The van der Waals surface area contributed by atoms with Gasteiger partial charge in [0.1, 0.15) is 11.5 Å². The van der Waals surface area contributed by atoms with Crippen LogP contribution in [0.1, 0.15) is 22.8 Å². The lowest BCUT2D eigenvalue weighted by Gasteiger charge is -1.99. The van der Waals surface area contributed by atoms with Gasteiger partial charge in [-0.15, -0.1) is 0 Å². The first kappa shape index (κ1) is 17.5. The highest BCUT2D eigenvalue weighted by Gasteiger charge is 2.26. The Labute approximate surface area is 159 Å². The first-order valence-corrected chi connectivity index (χ1v) is 8.46. The van der Waals surface area contributed by atoms with Gasteiger partial charge in [-0.3, -0.25) is 4.79 Å². The maximum absolute atomic E-state index is 14.0. The summed E-state index contributed by atoms with van der Waals surface area (Å²) in [4.78, 5) is 28.1. The molecule has 28 heavy (non-hydrogen) atoms. The molecule has 1 aliphatic rings. The summed E-state index contributed by atoms with van der Waals surface area (Å²) in [5.41, 5.74) is 1.91. The summed E-state index contributed by atoms with van der Waals surface area (Å²) in [7, 11) is 0. The van der Waals surface area contributed by atoms with Crippen LogP contribution in [-0.2, 0) is 9.53 Å². The highest BCUT2D eigenvalue weighted by atomic mass is 19.1. The number of cyclic esters (lactones) is 1. The standard InChI is InChI=1S/C21H14FN3O3/c1-13(26)25-12-15(19(24-25)14-7-3-2-4-8-14)11-18-21(27)28-20(23-18)16-9-5-6-10-17(16)22/h2-12H,1H3/b18-11-. The van der Waals surface area contributed by atoms with E-state index in [1.807, 2.05) is 30.3 Å². The summed E-state index contributed by atoms with van der Waals surface area (Å²) >= 11 is 0. The van der Waals surface area contributed by atoms with Crippen molar-refractivity contribution >= 4 is 23.9 Å². The molecule has 0 N–H and O–H groups in total. The van der Waals surface area contributed by atoms with Crippen LogP contribution in [0.15, 0.2) is 71.5 Å². The number of nitrogens with zero attached hydrogens (tertiary/aromatic N) is 3. The van der Waals surface area contributed by atoms with Crippen LogP contribution in [0.2, 0.25) is 0 Å². The molecule has 0 fully saturated rings. The van der Waals surface area contributed by atoms with E-state index in [4.69, 9.17) is 4.74 Å². The fraction of sp³-hybridized carbons (Fsp3) is 0.0476. The Balaban J connectivity index is 1.79. The third-order valence-electron chi connectivity index (χ3n) is 4.13. The number of hydrogen-bond acceptors (Lipinski definition) is 5. The monoisotopic (exact) mass is 375 g/mol. The van der Waals surface area contributed by atoms with Gasteiger partial charge < -0.3 is 4.74 Å². The fourth-order valence-electron chi connectivity index (χ4n) is 2.78. The zero-order chi connectivity index (χ0) is 19.7. The molecule has 0 amide bonds. The number of benzene rings is 2. The molecule has 0 aliphatic carbocycles. The molecule has 2 heterocycles. The van der Waals surface area contributed by atoms with Crippen LogP contribution in [-0.4, -0.2) is 27.6 Å². The van der Waals surface area contributed by atoms with Gasteiger partial charge in [0, 0.05) is 24.2 Å². The van der Waals surface area contributed by atoms with Gasteiger partial charge in [0.2, 0.25) is 11.8 Å². The highest BCUT2D eigenvalue weighted by Crippen LogP contribution is 2.26. The maximum Gasteiger partial charge on any atom is 0.363 e. The summed E-state index contributed by atoms with van der Waals surface area (Å²) in [6.45, 7) is 1.39. The van der Waals surface area contributed by atoms with Gasteiger partial charge in [-0.1, -0.05) is 42.5 Å². The topological polar surface area (TPSA) is 73.6 Å². The Bertz CT molecular complexity index is 1150. The van der Waals surface area contributed by atoms with E-state index in [0.29, 0.717) is 11.3 Å². The molecular formula is C21H14FN3O3. The number of ether oxygens (including phenoxy) is 1. The normalized spacial score (nSPS) is 14.9. The zero-order valence-electron chi connectivity index (χ0n) is 14.8. The smallest absolute Gasteiger partial charge is 0.363 e. The molecular weight excluding hydrogens is 361 g/mol. The number of carbonyl (C=O) groups is 2. The average molecular weight is 375 g/mol. The lowest BCUT2D eigenvalue weighted by atomic mass is 10.1. The quantitative estimate of drug-likeness (QED) is 0.517. The van der Waals surface area contributed by atoms with E-state index in [-0.39, 0.29) is 23.1 Å². The van der Waals surface area contributed by atoms with Crippen molar-refractivity contribution in [1.29, 1.82) is 0 Å². The third-order valence-corrected chi connectivity index (χ3v) is 4.13. The molecule has 0 radical (unpaired) electrons. The lowest BCUT2D eigenvalue weighted by Crippen LogP contribution is -2.07. The highest BCUT2D eigenvalue weighted by molar-refractivity contribution is 6.13. The minimum absolute atomic E-state index is 0.00136. The number of esters is 1. The van der Waals surface area contributed by atoms with Gasteiger partial charge >= 0.3 is 5.97 Å². The van der Waals surface area contributed by atoms with Crippen molar-refractivity contribution in [2.24, 2.45) is 4.99 Å². The molecule has 0 spiro atoms. The van der Waals surface area contributed by atoms with Gasteiger partial charge in [-0.05, 0) is 18.2 Å². The van der Waals surface area contributed by atoms with Crippen molar-refractivity contribution in [3.8, 4) is 11.3 Å². The largest absolute Gasteiger partial charge is 0.402 e. The van der Waals surface area contributed by atoms with Crippen molar-refractivity contribution < 1.29 is 18.7 Å². The minimum Gasteiger partial charge on any atom is -0.402 e. The summed E-state index contributed by atoms with van der Waals surface area (Å²) in [6.07, 6.45) is 2.99. The summed E-state index contributed by atoms with van der Waals surface area (Å²) in [5, 5.41) is 4.30. The van der Waals surface area contributed by atoms with E-state index in [2.05, 4.69) is 10.1 Å². The number of hydrogen-bond donors (Lipinski definition) is 0. The van der Waals surface area contributed by atoms with Crippen molar-refractivity contribution in [2.75, 3.05) is 0 Å². The molecule has 4 rings (SSSR count). The van der Waals surface area contributed by atoms with E-state index in [9.17, 15) is 14.0 Å². The van der Waals surface area contributed by atoms with Crippen LogP contribution in [0.25, 0.3) is 17.3 Å². The number of rotatable bonds is 3. The number of halogens is 1. The first-order chi connectivity index (χ1) is 13.5. The van der Waals surface area contributed by atoms with Gasteiger partial charge in [0.05, 0.1) is 5.56 Å². The van der Waals surface area contributed by atoms with E-state index in [0.717, 1.165) is 5.56 Å². The van der Waals surface area contributed by atoms with E-state index in [1.54, 1.807) is 6.07 Å². The van der Waals surface area contributed by atoms with Gasteiger partial charge in [0.25, 0.3) is 0 Å². The Morgan fingerprint density at radius 3 is 2.54 bits per heavy atom. The second-order valence-corrected chi connectivity index (χ2v) is 6.08. The summed E-state index contributed by atoms with van der Waals surface area (Å²) in [6, 6.07) is 15.1. The second kappa shape index (κ2) is 7.03. The maximum atomic E-state index is 14.0. The predicted molar refractivity (Wildman–Crippen MR) is 101 cm³/mol. The zero-order valence-corrected chi connectivity index (χ0v) is 14.8. The summed E-state index contributed by atoms with van der Waals surface area (Å²) < 4.78 is 20.3. The third kappa shape index (κ3) is 3.25. The Morgan fingerprint density at radius 1 is 1.11 bits per heavy atom. The second-order valence-electron chi connectivity index (χ2n) is 6.08. The first-order valence-electron chi connectivity index (χ1n) is 8.46. The molecule has 2 aromatic carbocycles. The Hall–Kier alpha value is -3.87. The number of aromatic nitrogens is 2. The van der Waals surface area contributed by atoms with Gasteiger partial charge in [-0.25, -0.2) is 18.9 Å². The van der Waals surface area contributed by atoms with Crippen molar-refractivity contribution in [3.63, 3.8) is 0 Å². The van der Waals surface area contributed by atoms with Crippen molar-refractivity contribution in [2.45, 2.75) is 6.92 Å². The average Bonchev–Trinajstić information content (AvgIpc) is 3.27. The minimum atomic E-state index is -0.701. The Morgan fingerprint density at radius 2 is 1.82 bits per heavy atom. The van der Waals surface area contributed by atoms with Gasteiger partial charge in [0.15, 0.2) is 5.70 Å². The van der Waals surface area contributed by atoms with Crippen molar-refractivity contribution in [1.82, 2.24) is 9.78 Å². The SMILES string of the molecule is CC(=O)n1cc(/C=C2\N=C(c3ccccc3F)OC2=O)c(-c2ccccc2)n1. The van der Waals surface area contributed by atoms with E-state index < -0.39 is 11.8 Å². The van der Waals surface area contributed by atoms with Crippen LogP contribution in [0.5, 0.6) is 0 Å². The molecule has 0 saturated heterocycles. The molecule has 0 atom stereocenters. The number of carbonyl (C=O) groups excluding carboxylic acids is 2. The van der Waals surface area contributed by atoms with Crippen LogP contribution in [0, 0.1) is 5.82 Å². The van der Waals surface area contributed by atoms with Crippen molar-refractivity contribution in [3.05, 3.63) is 83.4 Å².